The van der Waals surface area contributed by atoms with Crippen LogP contribution >= 0.6 is 0 Å². The van der Waals surface area contributed by atoms with Crippen molar-refractivity contribution in [2.45, 2.75) is 50.6 Å². The molecule has 2 fully saturated rings. The first-order valence-corrected chi connectivity index (χ1v) is 9.95. The number of carbonyl (C=O) groups is 1. The van der Waals surface area contributed by atoms with Crippen molar-refractivity contribution in [2.24, 2.45) is 5.92 Å². The fourth-order valence-electron chi connectivity index (χ4n) is 4.34. The topological polar surface area (TPSA) is 73.4 Å². The van der Waals surface area contributed by atoms with Crippen molar-refractivity contribution >= 4 is 5.91 Å². The molecule has 1 amide bonds. The van der Waals surface area contributed by atoms with E-state index in [0.29, 0.717) is 23.9 Å². The van der Waals surface area contributed by atoms with E-state index in [9.17, 15) is 4.79 Å². The molecule has 1 N–H and O–H groups in total. The van der Waals surface area contributed by atoms with E-state index in [-0.39, 0.29) is 5.91 Å². The Morgan fingerprint density at radius 2 is 2.11 bits per heavy atom. The summed E-state index contributed by atoms with van der Waals surface area (Å²) in [5.74, 6) is 0.602. The van der Waals surface area contributed by atoms with Gasteiger partial charge in [0, 0.05) is 38.2 Å². The lowest BCUT2D eigenvalue weighted by Gasteiger charge is -2.20. The third-order valence-corrected chi connectivity index (χ3v) is 6.34. The van der Waals surface area contributed by atoms with Gasteiger partial charge >= 0.3 is 0 Å². The molecule has 1 aliphatic carbocycles. The van der Waals surface area contributed by atoms with Crippen molar-refractivity contribution in [3.05, 3.63) is 52.4 Å². The van der Waals surface area contributed by atoms with E-state index in [4.69, 9.17) is 21.4 Å². The highest BCUT2D eigenvalue weighted by molar-refractivity contribution is 6.01. The average molecular weight is 377 g/mol. The van der Waals surface area contributed by atoms with Crippen LogP contribution in [-0.2, 0) is 16.8 Å². The number of aromatic nitrogens is 3. The van der Waals surface area contributed by atoms with Crippen LogP contribution in [0.15, 0.2) is 18.3 Å². The zero-order valence-electron chi connectivity index (χ0n) is 15.9. The minimum Gasteiger partial charge on any atom is -0.381 e. The smallest absolute Gasteiger partial charge is 0.274 e. The number of fused-ring (bicyclic) bond motifs is 1. The Kier molecular flexibility index (Phi) is 3.98. The van der Waals surface area contributed by atoms with E-state index >= 15 is 0 Å². The number of carbonyl (C=O) groups excluding carboxylic acids is 1. The highest BCUT2D eigenvalue weighted by Gasteiger charge is 2.51. The fraction of sp³-hybridized carbons (Fsp3) is 0.524. The third-order valence-electron chi connectivity index (χ3n) is 6.34. The van der Waals surface area contributed by atoms with Crippen LogP contribution in [0.2, 0.25) is 0 Å². The third kappa shape index (κ3) is 2.71. The van der Waals surface area contributed by atoms with Gasteiger partial charge in [0.05, 0.1) is 29.2 Å². The molecule has 7 heteroatoms. The maximum Gasteiger partial charge on any atom is 0.274 e. The minimum atomic E-state index is -0.647. The molecule has 1 saturated carbocycles. The molecule has 0 radical (unpaired) electrons. The molecule has 2 aliphatic heterocycles. The lowest BCUT2D eigenvalue weighted by molar-refractivity contribution is 0.0844. The van der Waals surface area contributed by atoms with Crippen molar-refractivity contribution in [3.8, 4) is 5.69 Å². The second-order valence-electron chi connectivity index (χ2n) is 8.14. The monoisotopic (exact) mass is 377 g/mol. The predicted molar refractivity (Wildman–Crippen MR) is 102 cm³/mol. The van der Waals surface area contributed by atoms with Crippen molar-refractivity contribution in [3.63, 3.8) is 0 Å². The highest BCUT2D eigenvalue weighted by atomic mass is 16.5. The Bertz CT molecular complexity index is 981. The van der Waals surface area contributed by atoms with Crippen LogP contribution < -0.4 is 5.32 Å². The Morgan fingerprint density at radius 3 is 2.82 bits per heavy atom. The Labute approximate surface area is 163 Å². The number of ether oxygens (including phenoxy) is 1. The quantitative estimate of drug-likeness (QED) is 0.832. The van der Waals surface area contributed by atoms with Gasteiger partial charge in [0.2, 0.25) is 0 Å². The summed E-state index contributed by atoms with van der Waals surface area (Å²) in [5, 5.41) is 7.67. The van der Waals surface area contributed by atoms with E-state index in [1.807, 2.05) is 25.3 Å². The van der Waals surface area contributed by atoms with Gasteiger partial charge in [-0.15, -0.1) is 0 Å². The van der Waals surface area contributed by atoms with E-state index in [1.165, 1.54) is 0 Å². The highest BCUT2D eigenvalue weighted by Crippen LogP contribution is 2.48. The molecule has 5 rings (SSSR count). The summed E-state index contributed by atoms with van der Waals surface area (Å²) in [4.78, 5) is 21.2. The molecular weight excluding hydrogens is 354 g/mol. The Balaban J connectivity index is 1.60. The van der Waals surface area contributed by atoms with Crippen molar-refractivity contribution in [1.82, 2.24) is 20.1 Å². The van der Waals surface area contributed by atoms with Crippen molar-refractivity contribution in [1.29, 1.82) is 0 Å². The second kappa shape index (κ2) is 6.42. The summed E-state index contributed by atoms with van der Waals surface area (Å²) < 4.78 is 7.25. The number of rotatable bonds is 4. The van der Waals surface area contributed by atoms with Crippen molar-refractivity contribution in [2.75, 3.05) is 13.2 Å². The average Bonchev–Trinajstić information content (AvgIpc) is 3.36. The number of pyridine rings is 1. The number of amides is 1. The Morgan fingerprint density at radius 1 is 1.32 bits per heavy atom. The molecule has 2 aromatic heterocycles. The molecule has 1 saturated heterocycles. The largest absolute Gasteiger partial charge is 0.381 e. The SMILES string of the molecule is [C-]#[N+][C@](C)(c1cc(-n2ccc(C3CCOCC3)n2)c2c(n1)CNC2=O)C1CC1. The molecule has 3 aliphatic rings. The van der Waals surface area contributed by atoms with Crippen molar-refractivity contribution < 1.29 is 9.53 Å². The lowest BCUT2D eigenvalue weighted by Crippen LogP contribution is -2.23. The van der Waals surface area contributed by atoms with Gasteiger partial charge in [-0.25, -0.2) is 16.2 Å². The summed E-state index contributed by atoms with van der Waals surface area (Å²) in [5.41, 5.74) is 3.15. The lowest BCUT2D eigenvalue weighted by atomic mass is 9.91. The molecule has 0 unspecified atom stereocenters. The molecule has 2 aromatic rings. The first kappa shape index (κ1) is 17.4. The number of nitrogens with one attached hydrogen (secondary N) is 1. The summed E-state index contributed by atoms with van der Waals surface area (Å²) in [6.45, 7) is 11.7. The van der Waals surface area contributed by atoms with Gasteiger partial charge in [-0.1, -0.05) is 0 Å². The number of nitrogens with zero attached hydrogens (tertiary/aromatic N) is 4. The van der Waals surface area contributed by atoms with Gasteiger partial charge in [-0.3, -0.25) is 4.79 Å². The molecule has 1 atom stereocenters. The van der Waals surface area contributed by atoms with Crippen LogP contribution in [0.4, 0.5) is 0 Å². The second-order valence-corrected chi connectivity index (χ2v) is 8.14. The zero-order valence-corrected chi connectivity index (χ0v) is 15.9. The van der Waals surface area contributed by atoms with Gasteiger partial charge in [-0.2, -0.15) is 5.10 Å². The van der Waals surface area contributed by atoms with Crippen LogP contribution in [0.5, 0.6) is 0 Å². The standard InChI is InChI=1S/C21H23N5O2/c1-21(22-2,14-3-4-14)18-11-17(19-16(24-18)12-23-20(19)27)26-8-5-15(25-26)13-6-9-28-10-7-13/h5,8,11,13-14H,3-4,6-7,9-10,12H2,1H3,(H,23,27)/t21-/m0/s1. The summed E-state index contributed by atoms with van der Waals surface area (Å²) in [7, 11) is 0. The molecular formula is C21H23N5O2. The van der Waals surface area contributed by atoms with Crippen LogP contribution in [0.25, 0.3) is 10.5 Å². The zero-order chi connectivity index (χ0) is 19.3. The van der Waals surface area contributed by atoms with Gasteiger partial charge in [-0.05, 0) is 37.8 Å². The van der Waals surface area contributed by atoms with Gasteiger partial charge < -0.3 is 14.9 Å². The van der Waals surface area contributed by atoms with Gasteiger partial charge in [0.15, 0.2) is 0 Å². The molecule has 0 spiro atoms. The summed E-state index contributed by atoms with van der Waals surface area (Å²) in [6.07, 6.45) is 5.96. The molecule has 28 heavy (non-hydrogen) atoms. The van der Waals surface area contributed by atoms with E-state index < -0.39 is 5.54 Å². The van der Waals surface area contributed by atoms with Gasteiger partial charge in [0.1, 0.15) is 5.69 Å². The minimum absolute atomic E-state index is 0.122. The maximum atomic E-state index is 12.5. The molecule has 0 bridgehead atoms. The summed E-state index contributed by atoms with van der Waals surface area (Å²) >= 11 is 0. The maximum absolute atomic E-state index is 12.5. The van der Waals surface area contributed by atoms with E-state index in [1.54, 1.807) is 4.68 Å². The molecule has 4 heterocycles. The first-order chi connectivity index (χ1) is 13.6. The molecule has 0 aromatic carbocycles. The first-order valence-electron chi connectivity index (χ1n) is 9.95. The fourth-order valence-corrected chi connectivity index (χ4v) is 4.34. The van der Waals surface area contributed by atoms with Gasteiger partial charge in [0.25, 0.3) is 11.4 Å². The molecule has 144 valence electrons. The molecule has 7 nitrogen and oxygen atoms in total. The van der Waals surface area contributed by atoms with Crippen LogP contribution in [0.1, 0.15) is 66.0 Å². The summed E-state index contributed by atoms with van der Waals surface area (Å²) in [6, 6.07) is 3.94. The number of hydrogen-bond acceptors (Lipinski definition) is 4. The Hall–Kier alpha value is -2.72. The normalized spacial score (nSPS) is 21.6. The number of hydrogen-bond donors (Lipinski definition) is 1. The van der Waals surface area contributed by atoms with Crippen LogP contribution in [0.3, 0.4) is 0 Å². The van der Waals surface area contributed by atoms with Crippen LogP contribution in [-0.4, -0.2) is 33.9 Å². The predicted octanol–water partition coefficient (Wildman–Crippen LogP) is 2.95. The van der Waals surface area contributed by atoms with Crippen LogP contribution in [0, 0.1) is 12.5 Å². The van der Waals surface area contributed by atoms with E-state index in [0.717, 1.165) is 61.7 Å². The van der Waals surface area contributed by atoms with E-state index in [2.05, 4.69) is 10.2 Å².